The highest BCUT2D eigenvalue weighted by Gasteiger charge is 2.07. The van der Waals surface area contributed by atoms with Crippen molar-refractivity contribution < 1.29 is 0 Å². The van der Waals surface area contributed by atoms with Crippen molar-refractivity contribution in [3.63, 3.8) is 0 Å². The monoisotopic (exact) mass is 271 g/mol. The number of rotatable bonds is 2. The summed E-state index contributed by atoms with van der Waals surface area (Å²) in [5.41, 5.74) is 11.0. The van der Waals surface area contributed by atoms with Crippen LogP contribution in [0.3, 0.4) is 0 Å². The molecule has 0 radical (unpaired) electrons. The first-order valence-corrected chi connectivity index (χ1v) is 6.58. The zero-order valence-corrected chi connectivity index (χ0v) is 11.3. The van der Waals surface area contributed by atoms with Gasteiger partial charge < -0.3 is 5.73 Å². The second kappa shape index (κ2) is 5.48. The summed E-state index contributed by atoms with van der Waals surface area (Å²) < 4.78 is 0. The molecule has 1 heterocycles. The zero-order chi connectivity index (χ0) is 14.7. The Kier molecular flexibility index (Phi) is 3.36. The van der Waals surface area contributed by atoms with Crippen LogP contribution in [0.4, 0.5) is 5.69 Å². The lowest BCUT2D eigenvalue weighted by atomic mass is 9.96. The molecule has 0 saturated carbocycles. The number of nitrogens with zero attached hydrogens (tertiary/aromatic N) is 2. The number of anilines is 1. The van der Waals surface area contributed by atoms with Crippen LogP contribution in [0.25, 0.3) is 22.3 Å². The maximum absolute atomic E-state index is 9.29. The van der Waals surface area contributed by atoms with Crippen molar-refractivity contribution in [1.82, 2.24) is 4.98 Å². The molecule has 0 aliphatic heterocycles. The van der Waals surface area contributed by atoms with Gasteiger partial charge in [0.15, 0.2) is 0 Å². The van der Waals surface area contributed by atoms with Crippen molar-refractivity contribution in [2.75, 3.05) is 5.73 Å². The summed E-state index contributed by atoms with van der Waals surface area (Å²) >= 11 is 0. The van der Waals surface area contributed by atoms with E-state index >= 15 is 0 Å². The molecule has 0 aliphatic carbocycles. The molecule has 0 aliphatic rings. The van der Waals surface area contributed by atoms with Crippen LogP contribution in [-0.2, 0) is 0 Å². The van der Waals surface area contributed by atoms with Gasteiger partial charge in [-0.3, -0.25) is 4.98 Å². The second-order valence-corrected chi connectivity index (χ2v) is 4.74. The van der Waals surface area contributed by atoms with E-state index in [1.807, 2.05) is 54.6 Å². The molecule has 0 atom stereocenters. The summed E-state index contributed by atoms with van der Waals surface area (Å²) in [6.07, 6.45) is 3.49. The lowest BCUT2D eigenvalue weighted by Crippen LogP contribution is -1.88. The third-order valence-corrected chi connectivity index (χ3v) is 3.36. The predicted octanol–water partition coefficient (Wildman–Crippen LogP) is 3.87. The van der Waals surface area contributed by atoms with Crippen molar-refractivity contribution >= 4 is 5.69 Å². The molecule has 0 saturated heterocycles. The number of nitrogens with two attached hydrogens (primary N) is 1. The van der Waals surface area contributed by atoms with Gasteiger partial charge in [0, 0.05) is 29.2 Å². The predicted molar refractivity (Wildman–Crippen MR) is 84.2 cm³/mol. The van der Waals surface area contributed by atoms with Crippen LogP contribution in [0.1, 0.15) is 5.56 Å². The van der Waals surface area contributed by atoms with E-state index in [1.165, 1.54) is 0 Å². The normalized spacial score (nSPS) is 10.0. The van der Waals surface area contributed by atoms with Crippen molar-refractivity contribution in [2.24, 2.45) is 0 Å². The van der Waals surface area contributed by atoms with Crippen molar-refractivity contribution in [3.05, 3.63) is 72.6 Å². The number of nitriles is 1. The van der Waals surface area contributed by atoms with E-state index in [4.69, 9.17) is 5.73 Å². The molecular weight excluding hydrogens is 258 g/mol. The Morgan fingerprint density at radius 3 is 2.33 bits per heavy atom. The zero-order valence-electron chi connectivity index (χ0n) is 11.3. The molecule has 0 amide bonds. The van der Waals surface area contributed by atoms with Crippen molar-refractivity contribution in [3.8, 4) is 28.3 Å². The highest BCUT2D eigenvalue weighted by atomic mass is 14.6. The van der Waals surface area contributed by atoms with Gasteiger partial charge >= 0.3 is 0 Å². The number of nitrogen functional groups attached to an aromatic ring is 1. The standard InChI is InChI=1S/C18H13N3/c19-11-15-4-3-14(13-5-7-17(20)8-6-13)10-18(15)16-2-1-9-21-12-16/h1-10,12H,20H2. The summed E-state index contributed by atoms with van der Waals surface area (Å²) in [5.74, 6) is 0. The number of pyridine rings is 1. The van der Waals surface area contributed by atoms with Gasteiger partial charge in [-0.25, -0.2) is 0 Å². The molecule has 0 bridgehead atoms. The Balaban J connectivity index is 2.14. The summed E-state index contributed by atoms with van der Waals surface area (Å²) in [7, 11) is 0. The van der Waals surface area contributed by atoms with Crippen molar-refractivity contribution in [1.29, 1.82) is 5.26 Å². The molecule has 2 aromatic carbocycles. The molecule has 3 heteroatoms. The maximum atomic E-state index is 9.29. The lowest BCUT2D eigenvalue weighted by Gasteiger charge is -2.08. The molecular formula is C18H13N3. The molecule has 3 rings (SSSR count). The van der Waals surface area contributed by atoms with Crippen LogP contribution in [0, 0.1) is 11.3 Å². The quantitative estimate of drug-likeness (QED) is 0.720. The van der Waals surface area contributed by atoms with Crippen LogP contribution in [0.2, 0.25) is 0 Å². The average molecular weight is 271 g/mol. The van der Waals surface area contributed by atoms with Gasteiger partial charge in [-0.05, 0) is 41.5 Å². The fraction of sp³-hybridized carbons (Fsp3) is 0. The van der Waals surface area contributed by atoms with Crippen molar-refractivity contribution in [2.45, 2.75) is 0 Å². The summed E-state index contributed by atoms with van der Waals surface area (Å²) in [5, 5.41) is 9.29. The maximum Gasteiger partial charge on any atom is 0.0998 e. The Bertz CT molecular complexity index is 800. The summed E-state index contributed by atoms with van der Waals surface area (Å²) in [6, 6.07) is 19.6. The highest BCUT2D eigenvalue weighted by Crippen LogP contribution is 2.29. The number of aromatic nitrogens is 1. The molecule has 0 fully saturated rings. The van der Waals surface area contributed by atoms with Gasteiger partial charge in [-0.2, -0.15) is 5.26 Å². The fourth-order valence-electron chi connectivity index (χ4n) is 2.26. The molecule has 2 N–H and O–H groups in total. The first-order chi connectivity index (χ1) is 10.3. The minimum absolute atomic E-state index is 0.641. The van der Waals surface area contributed by atoms with Gasteiger partial charge in [0.25, 0.3) is 0 Å². The lowest BCUT2D eigenvalue weighted by molar-refractivity contribution is 1.33. The van der Waals surface area contributed by atoms with Gasteiger partial charge in [-0.1, -0.05) is 24.3 Å². The van der Waals surface area contributed by atoms with Gasteiger partial charge in [0.2, 0.25) is 0 Å². The molecule has 3 nitrogen and oxygen atoms in total. The molecule has 21 heavy (non-hydrogen) atoms. The van der Waals surface area contributed by atoms with E-state index in [0.29, 0.717) is 5.56 Å². The SMILES string of the molecule is N#Cc1ccc(-c2ccc(N)cc2)cc1-c1cccnc1. The fourth-order valence-corrected chi connectivity index (χ4v) is 2.26. The Morgan fingerprint density at radius 2 is 1.67 bits per heavy atom. The second-order valence-electron chi connectivity index (χ2n) is 4.74. The van der Waals surface area contributed by atoms with E-state index in [1.54, 1.807) is 12.4 Å². The smallest absolute Gasteiger partial charge is 0.0998 e. The third kappa shape index (κ3) is 2.60. The first kappa shape index (κ1) is 12.9. The largest absolute Gasteiger partial charge is 0.399 e. The number of hydrogen-bond acceptors (Lipinski definition) is 3. The number of hydrogen-bond donors (Lipinski definition) is 1. The van der Waals surface area contributed by atoms with Gasteiger partial charge in [0.05, 0.1) is 11.6 Å². The average Bonchev–Trinajstić information content (AvgIpc) is 2.56. The van der Waals surface area contributed by atoms with E-state index in [9.17, 15) is 5.26 Å². The minimum Gasteiger partial charge on any atom is -0.399 e. The van der Waals surface area contributed by atoms with Crippen LogP contribution in [0.15, 0.2) is 67.0 Å². The van der Waals surface area contributed by atoms with Crippen LogP contribution < -0.4 is 5.73 Å². The van der Waals surface area contributed by atoms with Gasteiger partial charge in [-0.15, -0.1) is 0 Å². The Morgan fingerprint density at radius 1 is 0.905 bits per heavy atom. The van der Waals surface area contributed by atoms with Crippen LogP contribution in [-0.4, -0.2) is 4.98 Å². The van der Waals surface area contributed by atoms with Gasteiger partial charge in [0.1, 0.15) is 0 Å². The van der Waals surface area contributed by atoms with E-state index < -0.39 is 0 Å². The summed E-state index contributed by atoms with van der Waals surface area (Å²) in [6.45, 7) is 0. The van der Waals surface area contributed by atoms with E-state index in [2.05, 4.69) is 11.1 Å². The minimum atomic E-state index is 0.641. The Hall–Kier alpha value is -3.12. The third-order valence-electron chi connectivity index (χ3n) is 3.36. The topological polar surface area (TPSA) is 62.7 Å². The molecule has 0 unspecified atom stereocenters. The van der Waals surface area contributed by atoms with Crippen LogP contribution in [0.5, 0.6) is 0 Å². The Labute approximate surface area is 123 Å². The molecule has 1 aromatic heterocycles. The first-order valence-electron chi connectivity index (χ1n) is 6.58. The van der Waals surface area contributed by atoms with E-state index in [-0.39, 0.29) is 0 Å². The molecule has 0 spiro atoms. The van der Waals surface area contributed by atoms with Crippen LogP contribution >= 0.6 is 0 Å². The molecule has 100 valence electrons. The number of benzene rings is 2. The molecule has 3 aromatic rings. The van der Waals surface area contributed by atoms with E-state index in [0.717, 1.165) is 27.9 Å². The highest BCUT2D eigenvalue weighted by molar-refractivity contribution is 5.77. The summed E-state index contributed by atoms with van der Waals surface area (Å²) in [4.78, 5) is 4.12.